The maximum Gasteiger partial charge on any atom is 0.222 e. The van der Waals surface area contributed by atoms with Gasteiger partial charge in [-0.2, -0.15) is 0 Å². The molecule has 1 fully saturated rings. The van der Waals surface area contributed by atoms with Crippen molar-refractivity contribution in [1.29, 1.82) is 0 Å². The zero-order chi connectivity index (χ0) is 10.8. The van der Waals surface area contributed by atoms with Crippen molar-refractivity contribution < 1.29 is 4.79 Å². The first-order valence-electron chi connectivity index (χ1n) is 4.91. The van der Waals surface area contributed by atoms with E-state index < -0.39 is 0 Å². The van der Waals surface area contributed by atoms with Gasteiger partial charge in [-0.05, 0) is 19.1 Å². The van der Waals surface area contributed by atoms with E-state index in [9.17, 15) is 4.79 Å². The Hall–Kier alpha value is -1.78. The van der Waals surface area contributed by atoms with E-state index in [0.717, 1.165) is 11.5 Å². The predicted molar refractivity (Wildman–Crippen MR) is 58.4 cm³/mol. The first kappa shape index (κ1) is 9.76. The molecule has 15 heavy (non-hydrogen) atoms. The van der Waals surface area contributed by atoms with Crippen LogP contribution in [0.4, 0.5) is 11.5 Å². The molecule has 1 aliphatic heterocycles. The highest BCUT2D eigenvalue weighted by atomic mass is 16.1. The van der Waals surface area contributed by atoms with Gasteiger partial charge in [-0.25, -0.2) is 4.98 Å². The quantitative estimate of drug-likeness (QED) is 0.649. The minimum Gasteiger partial charge on any atom is -0.397 e. The Morgan fingerprint density at radius 2 is 2.40 bits per heavy atom. The summed E-state index contributed by atoms with van der Waals surface area (Å²) in [5, 5.41) is 5.95. The van der Waals surface area contributed by atoms with Crippen LogP contribution in [-0.4, -0.2) is 23.5 Å². The molecule has 0 bridgehead atoms. The van der Waals surface area contributed by atoms with Crippen LogP contribution in [0.2, 0.25) is 0 Å². The van der Waals surface area contributed by atoms with Crippen molar-refractivity contribution in [2.45, 2.75) is 19.4 Å². The number of amides is 1. The molecular formula is C10H14N4O. The molecule has 1 amide bonds. The molecule has 0 spiro atoms. The molecule has 0 radical (unpaired) electrons. The molecule has 4 N–H and O–H groups in total. The van der Waals surface area contributed by atoms with E-state index in [1.165, 1.54) is 0 Å². The number of pyridine rings is 1. The van der Waals surface area contributed by atoms with Crippen molar-refractivity contribution in [3.05, 3.63) is 17.8 Å². The van der Waals surface area contributed by atoms with Crippen LogP contribution in [0.15, 0.2) is 12.1 Å². The number of aryl methyl sites for hydroxylation is 1. The van der Waals surface area contributed by atoms with Crippen molar-refractivity contribution in [2.24, 2.45) is 0 Å². The Morgan fingerprint density at radius 1 is 1.60 bits per heavy atom. The van der Waals surface area contributed by atoms with Gasteiger partial charge in [0.2, 0.25) is 5.91 Å². The summed E-state index contributed by atoms with van der Waals surface area (Å²) in [6, 6.07) is 3.77. The highest BCUT2D eigenvalue weighted by molar-refractivity contribution is 5.79. The maximum atomic E-state index is 11.0. The number of anilines is 2. The second-order valence-electron chi connectivity index (χ2n) is 3.72. The normalized spacial score (nSPS) is 20.1. The topological polar surface area (TPSA) is 80.0 Å². The smallest absolute Gasteiger partial charge is 0.222 e. The van der Waals surface area contributed by atoms with Crippen LogP contribution in [-0.2, 0) is 4.79 Å². The van der Waals surface area contributed by atoms with E-state index in [1.807, 2.05) is 19.1 Å². The maximum absolute atomic E-state index is 11.0. The second-order valence-corrected chi connectivity index (χ2v) is 3.72. The monoisotopic (exact) mass is 206 g/mol. The lowest BCUT2D eigenvalue weighted by Crippen LogP contribution is -2.23. The molecule has 80 valence electrons. The molecule has 0 aliphatic carbocycles. The summed E-state index contributed by atoms with van der Waals surface area (Å²) in [4.78, 5) is 15.3. The summed E-state index contributed by atoms with van der Waals surface area (Å²) in [5.41, 5.74) is 7.15. The molecule has 0 aromatic carbocycles. The van der Waals surface area contributed by atoms with Gasteiger partial charge in [0.15, 0.2) is 0 Å². The van der Waals surface area contributed by atoms with Crippen molar-refractivity contribution in [3.63, 3.8) is 0 Å². The summed E-state index contributed by atoms with van der Waals surface area (Å²) < 4.78 is 0. The van der Waals surface area contributed by atoms with E-state index in [2.05, 4.69) is 15.6 Å². The number of nitrogen functional groups attached to an aromatic ring is 1. The van der Waals surface area contributed by atoms with Crippen LogP contribution >= 0.6 is 0 Å². The van der Waals surface area contributed by atoms with E-state index >= 15 is 0 Å². The molecule has 1 aliphatic rings. The minimum atomic E-state index is 0.0830. The summed E-state index contributed by atoms with van der Waals surface area (Å²) in [5.74, 6) is 0.850. The number of nitrogens with two attached hydrogens (primary N) is 1. The van der Waals surface area contributed by atoms with Crippen LogP contribution < -0.4 is 16.4 Å². The SMILES string of the molecule is Cc1nc(NC2CNC(=O)C2)ccc1N. The van der Waals surface area contributed by atoms with Crippen molar-refractivity contribution in [2.75, 3.05) is 17.6 Å². The molecule has 2 rings (SSSR count). The van der Waals surface area contributed by atoms with Crippen molar-refractivity contribution in [3.8, 4) is 0 Å². The zero-order valence-electron chi connectivity index (χ0n) is 8.58. The Balaban J connectivity index is 2.05. The van der Waals surface area contributed by atoms with Crippen LogP contribution in [0.5, 0.6) is 0 Å². The van der Waals surface area contributed by atoms with Crippen molar-refractivity contribution in [1.82, 2.24) is 10.3 Å². The van der Waals surface area contributed by atoms with Crippen LogP contribution in [0.3, 0.4) is 0 Å². The molecule has 1 atom stereocenters. The number of aromatic nitrogens is 1. The number of carbonyl (C=O) groups excluding carboxylic acids is 1. The minimum absolute atomic E-state index is 0.0830. The number of hydrogen-bond acceptors (Lipinski definition) is 4. The standard InChI is InChI=1S/C10H14N4O/c1-6-8(11)2-3-9(13-6)14-7-4-10(15)12-5-7/h2-3,7H,4-5,11H2,1H3,(H,12,15)(H,13,14). The first-order valence-corrected chi connectivity index (χ1v) is 4.91. The molecule has 5 heteroatoms. The lowest BCUT2D eigenvalue weighted by molar-refractivity contribution is -0.119. The molecule has 1 aromatic rings. The average Bonchev–Trinajstić information content (AvgIpc) is 2.58. The lowest BCUT2D eigenvalue weighted by atomic mass is 10.2. The summed E-state index contributed by atoms with van der Waals surface area (Å²) in [7, 11) is 0. The van der Waals surface area contributed by atoms with Crippen LogP contribution in [0, 0.1) is 6.92 Å². The molecule has 2 heterocycles. The molecule has 1 saturated heterocycles. The number of carbonyl (C=O) groups is 1. The number of hydrogen-bond donors (Lipinski definition) is 3. The second kappa shape index (κ2) is 3.76. The number of rotatable bonds is 2. The Kier molecular flexibility index (Phi) is 2.45. The summed E-state index contributed by atoms with van der Waals surface area (Å²) in [6.45, 7) is 2.52. The van der Waals surface area contributed by atoms with Gasteiger partial charge in [-0.3, -0.25) is 4.79 Å². The van der Waals surface area contributed by atoms with Crippen molar-refractivity contribution >= 4 is 17.4 Å². The van der Waals surface area contributed by atoms with Gasteiger partial charge in [0.25, 0.3) is 0 Å². The third-order valence-corrected chi connectivity index (χ3v) is 2.46. The predicted octanol–water partition coefficient (Wildman–Crippen LogP) is 0.273. The van der Waals surface area contributed by atoms with Gasteiger partial charge in [-0.15, -0.1) is 0 Å². The average molecular weight is 206 g/mol. The fourth-order valence-electron chi connectivity index (χ4n) is 1.57. The highest BCUT2D eigenvalue weighted by Crippen LogP contribution is 2.14. The third kappa shape index (κ3) is 2.18. The lowest BCUT2D eigenvalue weighted by Gasteiger charge is -2.11. The van der Waals surface area contributed by atoms with E-state index in [4.69, 9.17) is 5.73 Å². The van der Waals surface area contributed by atoms with Gasteiger partial charge in [0, 0.05) is 13.0 Å². The Morgan fingerprint density at radius 3 is 3.00 bits per heavy atom. The Bertz CT molecular complexity index is 391. The van der Waals surface area contributed by atoms with E-state index in [1.54, 1.807) is 0 Å². The van der Waals surface area contributed by atoms with E-state index in [0.29, 0.717) is 18.7 Å². The largest absolute Gasteiger partial charge is 0.397 e. The van der Waals surface area contributed by atoms with Gasteiger partial charge >= 0.3 is 0 Å². The summed E-state index contributed by atoms with van der Waals surface area (Å²) >= 11 is 0. The fourth-order valence-corrected chi connectivity index (χ4v) is 1.57. The van der Waals surface area contributed by atoms with Gasteiger partial charge in [0.05, 0.1) is 17.4 Å². The van der Waals surface area contributed by atoms with Gasteiger partial charge in [-0.1, -0.05) is 0 Å². The molecule has 1 unspecified atom stereocenters. The summed E-state index contributed by atoms with van der Waals surface area (Å²) in [6.07, 6.45) is 0.505. The van der Waals surface area contributed by atoms with E-state index in [-0.39, 0.29) is 11.9 Å². The third-order valence-electron chi connectivity index (χ3n) is 2.46. The van der Waals surface area contributed by atoms with Gasteiger partial charge in [0.1, 0.15) is 5.82 Å². The molecule has 0 saturated carbocycles. The Labute approximate surface area is 88.1 Å². The molecular weight excluding hydrogens is 192 g/mol. The number of nitrogens with one attached hydrogen (secondary N) is 2. The van der Waals surface area contributed by atoms with Crippen LogP contribution in [0.1, 0.15) is 12.1 Å². The molecule has 5 nitrogen and oxygen atoms in total. The van der Waals surface area contributed by atoms with Gasteiger partial charge < -0.3 is 16.4 Å². The highest BCUT2D eigenvalue weighted by Gasteiger charge is 2.21. The zero-order valence-corrected chi connectivity index (χ0v) is 8.58. The number of nitrogens with zero attached hydrogens (tertiary/aromatic N) is 1. The molecule has 1 aromatic heterocycles. The van der Waals surface area contributed by atoms with Crippen LogP contribution in [0.25, 0.3) is 0 Å². The fraction of sp³-hybridized carbons (Fsp3) is 0.400. The first-order chi connectivity index (χ1) is 7.15.